The molecule has 0 aliphatic heterocycles. The van der Waals surface area contributed by atoms with Crippen LogP contribution >= 0.6 is 0 Å². The lowest BCUT2D eigenvalue weighted by Crippen LogP contribution is -2.34. The third-order valence-corrected chi connectivity index (χ3v) is 3.94. The summed E-state index contributed by atoms with van der Waals surface area (Å²) in [7, 11) is 0. The van der Waals surface area contributed by atoms with Gasteiger partial charge in [-0.1, -0.05) is 18.1 Å². The van der Waals surface area contributed by atoms with E-state index in [1.165, 1.54) is 12.8 Å². The molecule has 1 aromatic heterocycles. The number of aliphatic hydroxyl groups excluding tert-OH is 2. The monoisotopic (exact) mass is 268 g/mol. The highest BCUT2D eigenvalue weighted by Gasteiger charge is 2.32. The minimum Gasteiger partial charge on any atom is -0.396 e. The number of aliphatic hydroxyl groups is 2. The molecule has 1 saturated carbocycles. The van der Waals surface area contributed by atoms with E-state index in [1.807, 2.05) is 6.20 Å². The molecule has 1 heterocycles. The minimum atomic E-state index is 0.0763. The van der Waals surface area contributed by atoms with Crippen LogP contribution < -0.4 is 5.32 Å². The Kier molecular flexibility index (Phi) is 5.30. The van der Waals surface area contributed by atoms with E-state index in [0.717, 1.165) is 25.1 Å². The lowest BCUT2D eigenvalue weighted by molar-refractivity contribution is 0.128. The fourth-order valence-corrected chi connectivity index (χ4v) is 2.73. The van der Waals surface area contributed by atoms with Crippen molar-refractivity contribution < 1.29 is 10.2 Å². The second-order valence-corrected chi connectivity index (χ2v) is 5.52. The van der Waals surface area contributed by atoms with Crippen molar-refractivity contribution in [3.05, 3.63) is 11.9 Å². The summed E-state index contributed by atoms with van der Waals surface area (Å²) in [6, 6.07) is 0. The van der Waals surface area contributed by atoms with Gasteiger partial charge >= 0.3 is 0 Å². The lowest BCUT2D eigenvalue weighted by Gasteiger charge is -2.26. The molecule has 3 N–H and O–H groups in total. The molecule has 6 heteroatoms. The molecule has 1 aromatic rings. The smallest absolute Gasteiger partial charge is 0.0964 e. The molecular weight excluding hydrogens is 244 g/mol. The largest absolute Gasteiger partial charge is 0.396 e. The molecule has 0 amide bonds. The average molecular weight is 268 g/mol. The first-order valence-corrected chi connectivity index (χ1v) is 7.09. The van der Waals surface area contributed by atoms with E-state index in [2.05, 4.69) is 15.6 Å². The van der Waals surface area contributed by atoms with Crippen LogP contribution in [0, 0.1) is 5.41 Å². The molecule has 0 unspecified atom stereocenters. The summed E-state index contributed by atoms with van der Waals surface area (Å²) in [5.41, 5.74) is 0.983. The van der Waals surface area contributed by atoms with Gasteiger partial charge in [-0.05, 0) is 19.3 Å². The van der Waals surface area contributed by atoms with Crippen molar-refractivity contribution in [2.24, 2.45) is 5.41 Å². The van der Waals surface area contributed by atoms with Crippen molar-refractivity contribution >= 4 is 0 Å². The van der Waals surface area contributed by atoms with Crippen molar-refractivity contribution in [3.63, 3.8) is 0 Å². The highest BCUT2D eigenvalue weighted by Crippen LogP contribution is 2.36. The van der Waals surface area contributed by atoms with Gasteiger partial charge in [0.15, 0.2) is 0 Å². The topological polar surface area (TPSA) is 83.2 Å². The van der Waals surface area contributed by atoms with Crippen LogP contribution in [-0.4, -0.2) is 45.0 Å². The van der Waals surface area contributed by atoms with Crippen LogP contribution in [0.2, 0.25) is 0 Å². The van der Waals surface area contributed by atoms with E-state index in [1.54, 1.807) is 4.68 Å². The molecule has 19 heavy (non-hydrogen) atoms. The summed E-state index contributed by atoms with van der Waals surface area (Å²) < 4.78 is 1.75. The van der Waals surface area contributed by atoms with Gasteiger partial charge in [-0.2, -0.15) is 0 Å². The van der Waals surface area contributed by atoms with E-state index >= 15 is 0 Å². The number of aryl methyl sites for hydroxylation is 1. The predicted molar refractivity (Wildman–Crippen MR) is 71.4 cm³/mol. The standard InChI is InChI=1S/C13H24N4O2/c18-7-3-6-17-9-12(15-16-17)8-14-10-13(11-19)4-1-2-5-13/h9,14,18-19H,1-8,10-11H2. The van der Waals surface area contributed by atoms with E-state index in [-0.39, 0.29) is 18.6 Å². The summed E-state index contributed by atoms with van der Waals surface area (Å²) in [6.45, 7) is 2.66. The molecular formula is C13H24N4O2. The van der Waals surface area contributed by atoms with Crippen molar-refractivity contribution in [2.45, 2.75) is 45.2 Å². The zero-order chi connectivity index (χ0) is 13.6. The molecule has 0 saturated heterocycles. The van der Waals surface area contributed by atoms with E-state index in [4.69, 9.17) is 5.11 Å². The van der Waals surface area contributed by atoms with Crippen LogP contribution in [0.25, 0.3) is 0 Å². The van der Waals surface area contributed by atoms with Crippen LogP contribution in [-0.2, 0) is 13.1 Å². The first-order chi connectivity index (χ1) is 9.28. The van der Waals surface area contributed by atoms with Gasteiger partial charge in [0.1, 0.15) is 0 Å². The number of nitrogens with one attached hydrogen (secondary N) is 1. The maximum Gasteiger partial charge on any atom is 0.0964 e. The molecule has 0 aromatic carbocycles. The van der Waals surface area contributed by atoms with Gasteiger partial charge in [0, 0.05) is 44.5 Å². The molecule has 0 spiro atoms. The van der Waals surface area contributed by atoms with Crippen LogP contribution in [0.3, 0.4) is 0 Å². The molecule has 108 valence electrons. The third kappa shape index (κ3) is 3.99. The Labute approximate surface area is 113 Å². The fourth-order valence-electron chi connectivity index (χ4n) is 2.73. The Morgan fingerprint density at radius 1 is 1.32 bits per heavy atom. The minimum absolute atomic E-state index is 0.0763. The average Bonchev–Trinajstić information content (AvgIpc) is 3.06. The number of rotatable bonds is 8. The number of hydrogen-bond donors (Lipinski definition) is 3. The number of hydrogen-bond acceptors (Lipinski definition) is 5. The maximum absolute atomic E-state index is 9.52. The van der Waals surface area contributed by atoms with Gasteiger partial charge in [0.2, 0.25) is 0 Å². The van der Waals surface area contributed by atoms with Gasteiger partial charge in [-0.15, -0.1) is 5.10 Å². The van der Waals surface area contributed by atoms with Gasteiger partial charge in [-0.25, -0.2) is 0 Å². The van der Waals surface area contributed by atoms with Crippen LogP contribution in [0.4, 0.5) is 0 Å². The Bertz CT molecular complexity index is 374. The Hall–Kier alpha value is -0.980. The Balaban J connectivity index is 1.74. The highest BCUT2D eigenvalue weighted by atomic mass is 16.3. The summed E-state index contributed by atoms with van der Waals surface area (Å²) in [5, 5.41) is 29.7. The second-order valence-electron chi connectivity index (χ2n) is 5.52. The molecule has 1 aliphatic carbocycles. The van der Waals surface area contributed by atoms with Gasteiger partial charge in [0.25, 0.3) is 0 Å². The van der Waals surface area contributed by atoms with Crippen molar-refractivity contribution in [1.82, 2.24) is 20.3 Å². The molecule has 1 fully saturated rings. The third-order valence-electron chi connectivity index (χ3n) is 3.94. The zero-order valence-corrected chi connectivity index (χ0v) is 11.4. The van der Waals surface area contributed by atoms with Gasteiger partial charge in [-0.3, -0.25) is 4.68 Å². The molecule has 0 radical (unpaired) electrons. The SMILES string of the molecule is OCCCn1cc(CNCC2(CO)CCCC2)nn1. The first-order valence-electron chi connectivity index (χ1n) is 7.09. The predicted octanol–water partition coefficient (Wildman–Crippen LogP) is 0.303. The molecule has 0 bridgehead atoms. The number of aromatic nitrogens is 3. The summed E-state index contributed by atoms with van der Waals surface area (Å²) >= 11 is 0. The summed E-state index contributed by atoms with van der Waals surface area (Å²) in [6.07, 6.45) is 7.27. The quantitative estimate of drug-likeness (QED) is 0.632. The molecule has 2 rings (SSSR count). The van der Waals surface area contributed by atoms with Crippen LogP contribution in [0.15, 0.2) is 6.20 Å². The summed E-state index contributed by atoms with van der Waals surface area (Å²) in [5.74, 6) is 0. The molecule has 0 atom stereocenters. The normalized spacial score (nSPS) is 18.0. The highest BCUT2D eigenvalue weighted by molar-refractivity contribution is 4.93. The van der Waals surface area contributed by atoms with E-state index in [0.29, 0.717) is 19.5 Å². The Morgan fingerprint density at radius 2 is 2.11 bits per heavy atom. The van der Waals surface area contributed by atoms with Crippen molar-refractivity contribution in [3.8, 4) is 0 Å². The Morgan fingerprint density at radius 3 is 2.79 bits per heavy atom. The van der Waals surface area contributed by atoms with E-state index in [9.17, 15) is 5.11 Å². The van der Waals surface area contributed by atoms with Gasteiger partial charge < -0.3 is 15.5 Å². The van der Waals surface area contributed by atoms with Crippen LogP contribution in [0.1, 0.15) is 37.8 Å². The van der Waals surface area contributed by atoms with Gasteiger partial charge in [0.05, 0.1) is 5.69 Å². The van der Waals surface area contributed by atoms with Crippen molar-refractivity contribution in [2.75, 3.05) is 19.8 Å². The summed E-state index contributed by atoms with van der Waals surface area (Å²) in [4.78, 5) is 0. The fraction of sp³-hybridized carbons (Fsp3) is 0.846. The van der Waals surface area contributed by atoms with Crippen molar-refractivity contribution in [1.29, 1.82) is 0 Å². The first kappa shape index (κ1) is 14.4. The van der Waals surface area contributed by atoms with Crippen LogP contribution in [0.5, 0.6) is 0 Å². The lowest BCUT2D eigenvalue weighted by atomic mass is 9.87. The van der Waals surface area contributed by atoms with E-state index < -0.39 is 0 Å². The maximum atomic E-state index is 9.52. The molecule has 6 nitrogen and oxygen atoms in total. The second kappa shape index (κ2) is 6.98. The zero-order valence-electron chi connectivity index (χ0n) is 11.4. The molecule has 1 aliphatic rings. The number of nitrogens with zero attached hydrogens (tertiary/aromatic N) is 3.